The summed E-state index contributed by atoms with van der Waals surface area (Å²) >= 11 is 0. The van der Waals surface area contributed by atoms with Crippen LogP contribution in [0.15, 0.2) is 24.3 Å². The minimum absolute atomic E-state index is 0.0986. The molecule has 15 heavy (non-hydrogen) atoms. The summed E-state index contributed by atoms with van der Waals surface area (Å²) in [6.45, 7) is 0. The fraction of sp³-hybridized carbons (Fsp3) is 0. The average Bonchev–Trinajstić information content (AvgIpc) is 2.25. The van der Waals surface area contributed by atoms with Gasteiger partial charge in [0.15, 0.2) is 11.6 Å². The van der Waals surface area contributed by atoms with Crippen molar-refractivity contribution >= 4 is 17.1 Å². The summed E-state index contributed by atoms with van der Waals surface area (Å²) in [6, 6.07) is 4.13. The van der Waals surface area contributed by atoms with E-state index in [2.05, 4.69) is 0 Å². The van der Waals surface area contributed by atoms with E-state index in [-0.39, 0.29) is 16.3 Å². The molecule has 0 aliphatic carbocycles. The van der Waals surface area contributed by atoms with Gasteiger partial charge in [-0.2, -0.15) is 0 Å². The van der Waals surface area contributed by atoms with Gasteiger partial charge in [-0.1, -0.05) is 12.1 Å². The molecule has 0 amide bonds. The third-order valence-corrected chi connectivity index (χ3v) is 2.14. The molecule has 0 aromatic heterocycles. The first-order chi connectivity index (χ1) is 7.13. The third-order valence-electron chi connectivity index (χ3n) is 2.14. The molecule has 0 spiro atoms. The lowest BCUT2D eigenvalue weighted by Crippen LogP contribution is -1.91. The number of aldehydes is 1. The van der Waals surface area contributed by atoms with Crippen LogP contribution in [0.3, 0.4) is 0 Å². The predicted octanol–water partition coefficient (Wildman–Crippen LogP) is 3.07. The standard InChI is InChI=1S/C11H5F3O/c12-9-4-10(13)11(14)7-2-1-6(5-15)3-8(7)9/h1-5H. The zero-order valence-corrected chi connectivity index (χ0v) is 7.43. The van der Waals surface area contributed by atoms with E-state index in [0.29, 0.717) is 12.4 Å². The third kappa shape index (κ3) is 1.48. The lowest BCUT2D eigenvalue weighted by molar-refractivity contribution is 0.112. The van der Waals surface area contributed by atoms with Crippen molar-refractivity contribution < 1.29 is 18.0 Å². The van der Waals surface area contributed by atoms with Crippen LogP contribution in [-0.2, 0) is 0 Å². The van der Waals surface area contributed by atoms with Crippen LogP contribution in [0.5, 0.6) is 0 Å². The Labute approximate surface area is 83.1 Å². The number of carbonyl (C=O) groups is 1. The molecule has 2 aromatic rings. The Balaban J connectivity index is 2.89. The normalized spacial score (nSPS) is 10.6. The minimum atomic E-state index is -1.24. The number of hydrogen-bond acceptors (Lipinski definition) is 1. The SMILES string of the molecule is O=Cc1ccc2c(F)c(F)cc(F)c2c1. The molecule has 76 valence electrons. The molecular formula is C11H5F3O. The lowest BCUT2D eigenvalue weighted by Gasteiger charge is -2.02. The van der Waals surface area contributed by atoms with E-state index in [1.165, 1.54) is 18.2 Å². The molecular weight excluding hydrogens is 205 g/mol. The molecule has 0 fully saturated rings. The molecule has 0 aliphatic rings. The highest BCUT2D eigenvalue weighted by molar-refractivity contribution is 5.89. The molecule has 0 unspecified atom stereocenters. The zero-order chi connectivity index (χ0) is 11.0. The van der Waals surface area contributed by atoms with Gasteiger partial charge in [0.25, 0.3) is 0 Å². The number of fused-ring (bicyclic) bond motifs is 1. The Bertz CT molecular complexity index is 549. The average molecular weight is 210 g/mol. The maximum absolute atomic E-state index is 13.2. The van der Waals surface area contributed by atoms with Crippen LogP contribution in [0.1, 0.15) is 10.4 Å². The number of rotatable bonds is 1. The second-order valence-corrected chi connectivity index (χ2v) is 3.08. The summed E-state index contributed by atoms with van der Waals surface area (Å²) in [5.41, 5.74) is 0.215. The Morgan fingerprint density at radius 2 is 1.67 bits per heavy atom. The van der Waals surface area contributed by atoms with Crippen LogP contribution in [0.2, 0.25) is 0 Å². The fourth-order valence-corrected chi connectivity index (χ4v) is 1.41. The highest BCUT2D eigenvalue weighted by Gasteiger charge is 2.12. The van der Waals surface area contributed by atoms with Crippen molar-refractivity contribution in [3.8, 4) is 0 Å². The van der Waals surface area contributed by atoms with E-state index in [1.54, 1.807) is 0 Å². The first-order valence-corrected chi connectivity index (χ1v) is 4.16. The topological polar surface area (TPSA) is 17.1 Å². The molecule has 0 radical (unpaired) electrons. The van der Waals surface area contributed by atoms with E-state index in [9.17, 15) is 18.0 Å². The predicted molar refractivity (Wildman–Crippen MR) is 49.2 cm³/mol. The maximum Gasteiger partial charge on any atom is 0.166 e. The van der Waals surface area contributed by atoms with E-state index >= 15 is 0 Å². The van der Waals surface area contributed by atoms with Crippen molar-refractivity contribution in [3.63, 3.8) is 0 Å². The molecule has 0 atom stereocenters. The van der Waals surface area contributed by atoms with Crippen LogP contribution >= 0.6 is 0 Å². The number of carbonyl (C=O) groups excluding carboxylic acids is 1. The van der Waals surface area contributed by atoms with Crippen LogP contribution in [0.4, 0.5) is 13.2 Å². The van der Waals surface area contributed by atoms with Crippen LogP contribution in [-0.4, -0.2) is 6.29 Å². The van der Waals surface area contributed by atoms with Gasteiger partial charge in [-0.25, -0.2) is 13.2 Å². The van der Waals surface area contributed by atoms with Crippen molar-refractivity contribution in [2.75, 3.05) is 0 Å². The fourth-order valence-electron chi connectivity index (χ4n) is 1.41. The second kappa shape index (κ2) is 3.38. The number of halogens is 3. The minimum Gasteiger partial charge on any atom is -0.298 e. The molecule has 4 heteroatoms. The summed E-state index contributed by atoms with van der Waals surface area (Å²) in [5, 5.41) is -0.267. The summed E-state index contributed by atoms with van der Waals surface area (Å²) in [6.07, 6.45) is 0.514. The Morgan fingerprint density at radius 3 is 2.33 bits per heavy atom. The van der Waals surface area contributed by atoms with Gasteiger partial charge >= 0.3 is 0 Å². The lowest BCUT2D eigenvalue weighted by atomic mass is 10.1. The Morgan fingerprint density at radius 1 is 0.933 bits per heavy atom. The van der Waals surface area contributed by atoms with Crippen LogP contribution in [0.25, 0.3) is 10.8 Å². The van der Waals surface area contributed by atoms with Crippen molar-refractivity contribution in [2.24, 2.45) is 0 Å². The summed E-state index contributed by atoms with van der Waals surface area (Å²) in [4.78, 5) is 10.4. The van der Waals surface area contributed by atoms with Gasteiger partial charge in [-0.15, -0.1) is 0 Å². The zero-order valence-electron chi connectivity index (χ0n) is 7.43. The molecule has 2 aromatic carbocycles. The maximum atomic E-state index is 13.2. The first kappa shape index (κ1) is 9.71. The molecule has 0 heterocycles. The van der Waals surface area contributed by atoms with Crippen molar-refractivity contribution in [2.45, 2.75) is 0 Å². The van der Waals surface area contributed by atoms with Gasteiger partial charge in [-0.3, -0.25) is 4.79 Å². The van der Waals surface area contributed by atoms with Gasteiger partial charge in [0.05, 0.1) is 0 Å². The molecule has 0 saturated carbocycles. The van der Waals surface area contributed by atoms with Crippen molar-refractivity contribution in [1.29, 1.82) is 0 Å². The van der Waals surface area contributed by atoms with E-state index in [1.807, 2.05) is 0 Å². The largest absolute Gasteiger partial charge is 0.298 e. The molecule has 0 bridgehead atoms. The van der Waals surface area contributed by atoms with Gasteiger partial charge in [0.1, 0.15) is 12.1 Å². The van der Waals surface area contributed by atoms with Crippen LogP contribution in [0, 0.1) is 17.5 Å². The molecule has 0 N–H and O–H groups in total. The van der Waals surface area contributed by atoms with Crippen molar-refractivity contribution in [1.82, 2.24) is 0 Å². The van der Waals surface area contributed by atoms with E-state index in [4.69, 9.17) is 0 Å². The second-order valence-electron chi connectivity index (χ2n) is 3.08. The summed E-state index contributed by atoms with van der Waals surface area (Å²) in [5.74, 6) is -3.23. The molecule has 2 rings (SSSR count). The molecule has 1 nitrogen and oxygen atoms in total. The quantitative estimate of drug-likeness (QED) is 0.522. The Hall–Kier alpha value is -1.84. The van der Waals surface area contributed by atoms with Crippen molar-refractivity contribution in [3.05, 3.63) is 47.3 Å². The highest BCUT2D eigenvalue weighted by atomic mass is 19.2. The number of benzene rings is 2. The van der Waals surface area contributed by atoms with Gasteiger partial charge in [-0.05, 0) is 6.07 Å². The first-order valence-electron chi connectivity index (χ1n) is 4.16. The highest BCUT2D eigenvalue weighted by Crippen LogP contribution is 2.24. The van der Waals surface area contributed by atoms with Gasteiger partial charge < -0.3 is 0 Å². The molecule has 0 saturated heterocycles. The summed E-state index contributed by atoms with van der Waals surface area (Å²) in [7, 11) is 0. The molecule has 0 aliphatic heterocycles. The van der Waals surface area contributed by atoms with Gasteiger partial charge in [0, 0.05) is 22.4 Å². The van der Waals surface area contributed by atoms with E-state index in [0.717, 1.165) is 0 Å². The smallest absolute Gasteiger partial charge is 0.166 e. The monoisotopic (exact) mass is 210 g/mol. The summed E-state index contributed by atoms with van der Waals surface area (Å²) < 4.78 is 39.2. The van der Waals surface area contributed by atoms with E-state index < -0.39 is 17.5 Å². The van der Waals surface area contributed by atoms with Crippen LogP contribution < -0.4 is 0 Å². The Kier molecular flexibility index (Phi) is 2.19. The van der Waals surface area contributed by atoms with Gasteiger partial charge in [0.2, 0.25) is 0 Å². The number of hydrogen-bond donors (Lipinski definition) is 0.